The van der Waals surface area contributed by atoms with Crippen LogP contribution in [0.5, 0.6) is 0 Å². The molecule has 0 radical (unpaired) electrons. The second-order valence-corrected chi connectivity index (χ2v) is 5.69. The Bertz CT molecular complexity index is 194. The topological polar surface area (TPSA) is 55.3 Å². The first-order valence-corrected chi connectivity index (χ1v) is 6.76. The minimum Gasteiger partial charge on any atom is -0.329 e. The lowest BCUT2D eigenvalue weighted by Crippen LogP contribution is -2.43. The Morgan fingerprint density at radius 3 is 2.50 bits per heavy atom. The Labute approximate surface area is 101 Å². The van der Waals surface area contributed by atoms with E-state index in [0.29, 0.717) is 18.1 Å². The van der Waals surface area contributed by atoms with Gasteiger partial charge in [-0.15, -0.1) is 0 Å². The van der Waals surface area contributed by atoms with Gasteiger partial charge in [-0.25, -0.2) is 0 Å². The normalized spacial score (nSPS) is 32.1. The minimum absolute atomic E-state index is 0.409. The fraction of sp³-hybridized carbons (Fsp3) is 1.00. The molecule has 0 unspecified atom stereocenters. The number of nitrogens with two attached hydrogens (primary N) is 2. The predicted octanol–water partition coefficient (Wildman–Crippen LogP) is 1.56. The van der Waals surface area contributed by atoms with Crippen LogP contribution >= 0.6 is 0 Å². The van der Waals surface area contributed by atoms with Crippen LogP contribution in [0.3, 0.4) is 0 Å². The molecule has 3 nitrogen and oxygen atoms in total. The first-order chi connectivity index (χ1) is 7.54. The van der Waals surface area contributed by atoms with E-state index < -0.39 is 0 Å². The van der Waals surface area contributed by atoms with Gasteiger partial charge in [0.05, 0.1) is 0 Å². The largest absolute Gasteiger partial charge is 0.329 e. The van der Waals surface area contributed by atoms with Crippen molar-refractivity contribution in [3.05, 3.63) is 0 Å². The van der Waals surface area contributed by atoms with Crippen LogP contribution in [0.1, 0.15) is 46.5 Å². The average Bonchev–Trinajstić information content (AvgIpc) is 2.35. The van der Waals surface area contributed by atoms with Crippen LogP contribution in [0, 0.1) is 5.92 Å². The van der Waals surface area contributed by atoms with Crippen molar-refractivity contribution in [3.8, 4) is 0 Å². The van der Waals surface area contributed by atoms with Crippen molar-refractivity contribution in [2.24, 2.45) is 17.4 Å². The maximum atomic E-state index is 6.09. The third-order valence-electron chi connectivity index (χ3n) is 3.77. The zero-order valence-electron chi connectivity index (χ0n) is 11.2. The summed E-state index contributed by atoms with van der Waals surface area (Å²) in [7, 11) is 0. The summed E-state index contributed by atoms with van der Waals surface area (Å²) < 4.78 is 0. The van der Waals surface area contributed by atoms with Gasteiger partial charge in [0, 0.05) is 31.2 Å². The highest BCUT2D eigenvalue weighted by atomic mass is 15.2. The third-order valence-corrected chi connectivity index (χ3v) is 3.77. The second kappa shape index (κ2) is 6.58. The molecule has 4 N–H and O–H groups in total. The van der Waals surface area contributed by atoms with Crippen molar-refractivity contribution in [2.45, 2.75) is 64.6 Å². The molecule has 1 aliphatic carbocycles. The molecule has 0 spiro atoms. The summed E-state index contributed by atoms with van der Waals surface area (Å²) in [6, 6.07) is 1.69. The smallest absolute Gasteiger partial charge is 0.0110 e. The highest BCUT2D eigenvalue weighted by molar-refractivity contribution is 4.83. The van der Waals surface area contributed by atoms with E-state index in [0.717, 1.165) is 19.0 Å². The van der Waals surface area contributed by atoms with Gasteiger partial charge in [0.15, 0.2) is 0 Å². The van der Waals surface area contributed by atoms with E-state index in [1.807, 2.05) is 0 Å². The molecular weight excluding hydrogens is 198 g/mol. The Balaban J connectivity index is 2.60. The van der Waals surface area contributed by atoms with Crippen LogP contribution < -0.4 is 11.5 Å². The van der Waals surface area contributed by atoms with Crippen LogP contribution in [0.15, 0.2) is 0 Å². The molecule has 0 bridgehead atoms. The summed E-state index contributed by atoms with van der Waals surface area (Å²) in [5, 5.41) is 0. The van der Waals surface area contributed by atoms with Gasteiger partial charge in [-0.1, -0.05) is 6.92 Å². The van der Waals surface area contributed by atoms with Crippen molar-refractivity contribution in [1.82, 2.24) is 4.90 Å². The molecule has 0 aliphatic heterocycles. The van der Waals surface area contributed by atoms with E-state index in [4.69, 9.17) is 11.5 Å². The molecule has 3 atom stereocenters. The number of nitrogens with zero attached hydrogens (tertiary/aromatic N) is 1. The molecule has 1 saturated carbocycles. The molecule has 1 fully saturated rings. The van der Waals surface area contributed by atoms with Crippen molar-refractivity contribution in [2.75, 3.05) is 13.1 Å². The molecule has 0 saturated heterocycles. The van der Waals surface area contributed by atoms with E-state index in [1.165, 1.54) is 25.7 Å². The molecule has 1 aliphatic rings. The zero-order chi connectivity index (χ0) is 12.1. The molecule has 0 aromatic rings. The fourth-order valence-corrected chi connectivity index (χ4v) is 3.03. The van der Waals surface area contributed by atoms with Crippen molar-refractivity contribution in [3.63, 3.8) is 0 Å². The molecule has 0 aromatic heterocycles. The van der Waals surface area contributed by atoms with E-state index in [9.17, 15) is 0 Å². The molecule has 0 amide bonds. The van der Waals surface area contributed by atoms with Gasteiger partial charge in [0.25, 0.3) is 0 Å². The molecule has 16 heavy (non-hydrogen) atoms. The van der Waals surface area contributed by atoms with Gasteiger partial charge in [-0.3, -0.25) is 4.90 Å². The monoisotopic (exact) mass is 227 g/mol. The number of hydrogen-bond donors (Lipinski definition) is 2. The van der Waals surface area contributed by atoms with Gasteiger partial charge in [0.2, 0.25) is 0 Å². The highest BCUT2D eigenvalue weighted by Gasteiger charge is 2.26. The standard InChI is InChI=1S/C13H29N3/c1-10(2)16(7-6-14)13-5-4-12(15)8-11(3)9-13/h10-13H,4-9,14-15H2,1-3H3/t11-,12+,13+/m1/s1. The molecular formula is C13H29N3. The Hall–Kier alpha value is -0.120. The first-order valence-electron chi connectivity index (χ1n) is 6.76. The summed E-state index contributed by atoms with van der Waals surface area (Å²) in [5.74, 6) is 0.751. The van der Waals surface area contributed by atoms with E-state index in [-0.39, 0.29) is 0 Å². The van der Waals surface area contributed by atoms with Gasteiger partial charge in [-0.2, -0.15) is 0 Å². The van der Waals surface area contributed by atoms with Gasteiger partial charge >= 0.3 is 0 Å². The lowest BCUT2D eigenvalue weighted by molar-refractivity contribution is 0.134. The van der Waals surface area contributed by atoms with Crippen molar-refractivity contribution >= 4 is 0 Å². The predicted molar refractivity (Wildman–Crippen MR) is 70.3 cm³/mol. The minimum atomic E-state index is 0.409. The Kier molecular flexibility index (Phi) is 5.73. The lowest BCUT2D eigenvalue weighted by Gasteiger charge is -2.35. The fourth-order valence-electron chi connectivity index (χ4n) is 3.03. The SMILES string of the molecule is CC(C)N(CCN)[C@H]1CC[C@H](N)C[C@@H](C)C1. The maximum absolute atomic E-state index is 6.09. The quantitative estimate of drug-likeness (QED) is 0.717. The van der Waals surface area contributed by atoms with E-state index >= 15 is 0 Å². The summed E-state index contributed by atoms with van der Waals surface area (Å²) in [5.41, 5.74) is 11.8. The van der Waals surface area contributed by atoms with Crippen molar-refractivity contribution < 1.29 is 0 Å². The molecule has 0 aromatic carbocycles. The Morgan fingerprint density at radius 1 is 1.25 bits per heavy atom. The first kappa shape index (κ1) is 13.9. The molecule has 96 valence electrons. The van der Waals surface area contributed by atoms with E-state index in [1.54, 1.807) is 0 Å². The maximum Gasteiger partial charge on any atom is 0.0110 e. The zero-order valence-corrected chi connectivity index (χ0v) is 11.2. The molecule has 0 heterocycles. The van der Waals surface area contributed by atoms with Crippen LogP contribution in [-0.4, -0.2) is 36.1 Å². The van der Waals surface area contributed by atoms with Crippen LogP contribution in [-0.2, 0) is 0 Å². The van der Waals surface area contributed by atoms with Gasteiger partial charge < -0.3 is 11.5 Å². The van der Waals surface area contributed by atoms with E-state index in [2.05, 4.69) is 25.7 Å². The summed E-state index contributed by atoms with van der Waals surface area (Å²) in [6.07, 6.45) is 4.88. The summed E-state index contributed by atoms with van der Waals surface area (Å²) >= 11 is 0. The molecule has 3 heteroatoms. The van der Waals surface area contributed by atoms with Crippen LogP contribution in [0.2, 0.25) is 0 Å². The number of rotatable bonds is 4. The summed E-state index contributed by atoms with van der Waals surface area (Å²) in [6.45, 7) is 8.65. The summed E-state index contributed by atoms with van der Waals surface area (Å²) in [4.78, 5) is 2.56. The lowest BCUT2D eigenvalue weighted by atomic mass is 9.98. The molecule has 1 rings (SSSR count). The van der Waals surface area contributed by atoms with Crippen LogP contribution in [0.25, 0.3) is 0 Å². The second-order valence-electron chi connectivity index (χ2n) is 5.69. The highest BCUT2D eigenvalue weighted by Crippen LogP contribution is 2.26. The average molecular weight is 227 g/mol. The third kappa shape index (κ3) is 4.04. The van der Waals surface area contributed by atoms with Crippen LogP contribution in [0.4, 0.5) is 0 Å². The van der Waals surface area contributed by atoms with Gasteiger partial charge in [-0.05, 0) is 45.4 Å². The Morgan fingerprint density at radius 2 is 1.94 bits per heavy atom. The van der Waals surface area contributed by atoms with Crippen molar-refractivity contribution in [1.29, 1.82) is 0 Å². The van der Waals surface area contributed by atoms with Gasteiger partial charge in [0.1, 0.15) is 0 Å². The number of hydrogen-bond acceptors (Lipinski definition) is 3.